The number of nitrogens with zero attached hydrogens (tertiary/aromatic N) is 1. The molecule has 0 aliphatic carbocycles. The molecule has 2 aromatic rings. The molecule has 0 unspecified atom stereocenters. The number of benzene rings is 2. The number of thiocarbonyl (C=S) groups is 1. The molecule has 1 fully saturated rings. The molecule has 1 heterocycles. The maximum Gasteiger partial charge on any atom is 0.266 e. The molecule has 0 atom stereocenters. The van der Waals surface area contributed by atoms with Crippen LogP contribution in [0.2, 0.25) is 0 Å². The van der Waals surface area contributed by atoms with Crippen LogP contribution in [0.4, 0.5) is 0 Å². The van der Waals surface area contributed by atoms with E-state index in [-0.39, 0.29) is 5.91 Å². The van der Waals surface area contributed by atoms with Crippen LogP contribution in [-0.2, 0) is 4.79 Å². The summed E-state index contributed by atoms with van der Waals surface area (Å²) in [5.41, 5.74) is 0.861. The van der Waals surface area contributed by atoms with E-state index >= 15 is 0 Å². The molecule has 0 radical (unpaired) electrons. The van der Waals surface area contributed by atoms with E-state index in [0.717, 1.165) is 29.2 Å². The minimum Gasteiger partial charge on any atom is -0.497 e. The van der Waals surface area contributed by atoms with Crippen LogP contribution < -0.4 is 14.2 Å². The van der Waals surface area contributed by atoms with Gasteiger partial charge in [0.2, 0.25) is 0 Å². The molecule has 0 N–H and O–H groups in total. The van der Waals surface area contributed by atoms with Gasteiger partial charge in [-0.15, -0.1) is 0 Å². The van der Waals surface area contributed by atoms with Crippen LogP contribution in [0.5, 0.6) is 17.2 Å². The van der Waals surface area contributed by atoms with Crippen molar-refractivity contribution in [1.29, 1.82) is 0 Å². The van der Waals surface area contributed by atoms with Gasteiger partial charge in [-0.3, -0.25) is 9.69 Å². The van der Waals surface area contributed by atoms with Gasteiger partial charge in [0.25, 0.3) is 5.91 Å². The Kier molecular flexibility index (Phi) is 7.55. The summed E-state index contributed by atoms with van der Waals surface area (Å²) in [6, 6.07) is 15.2. The maximum atomic E-state index is 12.4. The molecule has 1 saturated heterocycles. The van der Waals surface area contributed by atoms with Gasteiger partial charge in [0.1, 0.15) is 21.6 Å². The van der Waals surface area contributed by atoms with E-state index in [9.17, 15) is 4.79 Å². The van der Waals surface area contributed by atoms with Crippen LogP contribution in [0, 0.1) is 0 Å². The van der Waals surface area contributed by atoms with E-state index in [1.54, 1.807) is 12.0 Å². The largest absolute Gasteiger partial charge is 0.497 e. The molecule has 1 aliphatic heterocycles. The highest BCUT2D eigenvalue weighted by molar-refractivity contribution is 8.26. The number of hydrogen-bond acceptors (Lipinski definition) is 6. The number of carbonyl (C=O) groups excluding carboxylic acids is 1. The molecule has 0 spiro atoms. The fourth-order valence-electron chi connectivity index (χ4n) is 2.75. The monoisotopic (exact) mass is 429 g/mol. The first-order valence-electron chi connectivity index (χ1n) is 9.36. The lowest BCUT2D eigenvalue weighted by atomic mass is 10.2. The van der Waals surface area contributed by atoms with Crippen LogP contribution >= 0.6 is 24.0 Å². The summed E-state index contributed by atoms with van der Waals surface area (Å²) in [4.78, 5) is 14.6. The second-order valence-electron chi connectivity index (χ2n) is 6.19. The van der Waals surface area contributed by atoms with Crippen molar-refractivity contribution in [3.8, 4) is 17.2 Å². The van der Waals surface area contributed by atoms with Gasteiger partial charge in [0, 0.05) is 18.5 Å². The third kappa shape index (κ3) is 5.52. The molecule has 0 bridgehead atoms. The zero-order chi connectivity index (χ0) is 20.6. The van der Waals surface area contributed by atoms with E-state index < -0.39 is 0 Å². The van der Waals surface area contributed by atoms with E-state index in [1.807, 2.05) is 61.5 Å². The first kappa shape index (κ1) is 21.2. The average Bonchev–Trinajstić information content (AvgIpc) is 3.01. The number of para-hydroxylation sites is 1. The summed E-state index contributed by atoms with van der Waals surface area (Å²) >= 11 is 6.60. The Labute approximate surface area is 180 Å². The number of hydrogen-bond donors (Lipinski definition) is 0. The smallest absolute Gasteiger partial charge is 0.266 e. The number of methoxy groups -OCH3 is 1. The van der Waals surface area contributed by atoms with Crippen molar-refractivity contribution in [3.05, 3.63) is 59.0 Å². The quantitative estimate of drug-likeness (QED) is 0.325. The van der Waals surface area contributed by atoms with Crippen LogP contribution in [-0.4, -0.2) is 42.0 Å². The van der Waals surface area contributed by atoms with Crippen LogP contribution in [0.1, 0.15) is 18.9 Å². The first-order chi connectivity index (χ1) is 14.1. The van der Waals surface area contributed by atoms with Crippen molar-refractivity contribution in [2.45, 2.75) is 13.3 Å². The second-order valence-corrected chi connectivity index (χ2v) is 7.87. The van der Waals surface area contributed by atoms with E-state index in [4.69, 9.17) is 26.4 Å². The summed E-state index contributed by atoms with van der Waals surface area (Å²) in [7, 11) is 1.64. The zero-order valence-corrected chi connectivity index (χ0v) is 18.1. The third-order valence-corrected chi connectivity index (χ3v) is 5.65. The molecule has 1 aliphatic rings. The highest BCUT2D eigenvalue weighted by Gasteiger charge is 2.30. The zero-order valence-electron chi connectivity index (χ0n) is 16.4. The van der Waals surface area contributed by atoms with Crippen LogP contribution in [0.15, 0.2) is 53.4 Å². The van der Waals surface area contributed by atoms with E-state index in [1.165, 1.54) is 11.8 Å². The molecule has 0 aromatic heterocycles. The van der Waals surface area contributed by atoms with Gasteiger partial charge in [-0.25, -0.2) is 0 Å². The molecule has 2 aromatic carbocycles. The number of thioether (sulfide) groups is 1. The van der Waals surface area contributed by atoms with Crippen molar-refractivity contribution in [2.24, 2.45) is 0 Å². The summed E-state index contributed by atoms with van der Waals surface area (Å²) < 4.78 is 17.4. The highest BCUT2D eigenvalue weighted by atomic mass is 32.2. The number of carbonyl (C=O) groups is 1. The third-order valence-electron chi connectivity index (χ3n) is 4.27. The Balaban J connectivity index is 1.53. The van der Waals surface area contributed by atoms with Gasteiger partial charge in [-0.1, -0.05) is 42.2 Å². The Morgan fingerprint density at radius 1 is 1.03 bits per heavy atom. The van der Waals surface area contributed by atoms with Crippen LogP contribution in [0.3, 0.4) is 0 Å². The number of amides is 1. The standard InChI is InChI=1S/C22H23NO4S2/c1-3-23-21(24)20(29-22(23)28)15-16-7-4-5-8-19(16)27-14-6-13-26-18-11-9-17(25-2)10-12-18/h4-5,7-12,15H,3,6,13-14H2,1-2H3/b20-15-. The van der Waals surface area contributed by atoms with Crippen molar-refractivity contribution in [3.63, 3.8) is 0 Å². The lowest BCUT2D eigenvalue weighted by Gasteiger charge is -2.11. The van der Waals surface area contributed by atoms with Gasteiger partial charge in [0.05, 0.1) is 25.2 Å². The minimum atomic E-state index is -0.0507. The Hall–Kier alpha value is -2.51. The number of ether oxygens (including phenoxy) is 3. The molecule has 3 rings (SSSR count). The topological polar surface area (TPSA) is 48.0 Å². The summed E-state index contributed by atoms with van der Waals surface area (Å²) in [6.07, 6.45) is 2.58. The SMILES string of the molecule is CCN1C(=O)/C(=C/c2ccccc2OCCCOc2ccc(OC)cc2)SC1=S. The molecular weight excluding hydrogens is 406 g/mol. The van der Waals surface area contributed by atoms with Crippen molar-refractivity contribution in [2.75, 3.05) is 26.9 Å². The highest BCUT2D eigenvalue weighted by Crippen LogP contribution is 2.34. The Morgan fingerprint density at radius 2 is 1.72 bits per heavy atom. The molecule has 152 valence electrons. The molecule has 1 amide bonds. The fraction of sp³-hybridized carbons (Fsp3) is 0.273. The Morgan fingerprint density at radius 3 is 2.41 bits per heavy atom. The fourth-order valence-corrected chi connectivity index (χ4v) is 4.12. The molecule has 0 saturated carbocycles. The summed E-state index contributed by atoms with van der Waals surface area (Å²) in [6.45, 7) is 3.55. The number of likely N-dealkylation sites (N-methyl/N-ethyl adjacent to an activating group) is 1. The lowest BCUT2D eigenvalue weighted by molar-refractivity contribution is -0.121. The van der Waals surface area contributed by atoms with Gasteiger partial charge in [-0.05, 0) is 43.3 Å². The van der Waals surface area contributed by atoms with Gasteiger partial charge >= 0.3 is 0 Å². The summed E-state index contributed by atoms with van der Waals surface area (Å²) in [5, 5.41) is 0. The van der Waals surface area contributed by atoms with Crippen molar-refractivity contribution < 1.29 is 19.0 Å². The van der Waals surface area contributed by atoms with Crippen molar-refractivity contribution >= 4 is 40.3 Å². The normalized spacial score (nSPS) is 15.1. The van der Waals surface area contributed by atoms with E-state index in [2.05, 4.69) is 0 Å². The Bertz CT molecular complexity index is 896. The first-order valence-corrected chi connectivity index (χ1v) is 10.6. The maximum absolute atomic E-state index is 12.4. The van der Waals surface area contributed by atoms with Crippen LogP contribution in [0.25, 0.3) is 6.08 Å². The van der Waals surface area contributed by atoms with Gasteiger partial charge < -0.3 is 14.2 Å². The molecule has 7 heteroatoms. The van der Waals surface area contributed by atoms with Gasteiger partial charge in [-0.2, -0.15) is 0 Å². The van der Waals surface area contributed by atoms with Crippen molar-refractivity contribution in [1.82, 2.24) is 4.90 Å². The number of rotatable bonds is 9. The molecule has 29 heavy (non-hydrogen) atoms. The second kappa shape index (κ2) is 10.3. The lowest BCUT2D eigenvalue weighted by Crippen LogP contribution is -2.27. The predicted octanol–water partition coefficient (Wildman–Crippen LogP) is 4.76. The molecule has 5 nitrogen and oxygen atoms in total. The predicted molar refractivity (Wildman–Crippen MR) is 121 cm³/mol. The van der Waals surface area contributed by atoms with Gasteiger partial charge in [0.15, 0.2) is 0 Å². The average molecular weight is 430 g/mol. The minimum absolute atomic E-state index is 0.0507. The van der Waals surface area contributed by atoms with E-state index in [0.29, 0.717) is 29.0 Å². The summed E-state index contributed by atoms with van der Waals surface area (Å²) in [5.74, 6) is 2.28. The molecular formula is C22H23NO4S2.